The van der Waals surface area contributed by atoms with Gasteiger partial charge in [0.2, 0.25) is 5.75 Å². The van der Waals surface area contributed by atoms with Crippen LogP contribution >= 0.6 is 11.6 Å². The molecule has 1 amide bonds. The second-order valence-corrected chi connectivity index (χ2v) is 7.56. The molecule has 12 nitrogen and oxygen atoms in total. The van der Waals surface area contributed by atoms with Gasteiger partial charge in [-0.25, -0.2) is 4.79 Å². The van der Waals surface area contributed by atoms with Crippen molar-refractivity contribution in [3.05, 3.63) is 103 Å². The predicted octanol–water partition coefficient (Wildman–Crippen LogP) is 5.28. The van der Waals surface area contributed by atoms with Crippen LogP contribution in [0.3, 0.4) is 0 Å². The van der Waals surface area contributed by atoms with Crippen LogP contribution in [0.4, 0.5) is 17.1 Å². The molecule has 0 saturated heterocycles. The molecule has 0 saturated carbocycles. The Labute approximate surface area is 213 Å². The summed E-state index contributed by atoms with van der Waals surface area (Å²) in [5.74, 6) is -1.52. The maximum Gasteiger partial charge on any atom is 0.337 e. The number of carbonyl (C=O) groups is 2. The van der Waals surface area contributed by atoms with Gasteiger partial charge in [-0.2, -0.15) is 5.26 Å². The van der Waals surface area contributed by atoms with Crippen molar-refractivity contribution in [2.24, 2.45) is 0 Å². The molecule has 0 unspecified atom stereocenters. The molecule has 0 aliphatic heterocycles. The molecule has 186 valence electrons. The van der Waals surface area contributed by atoms with Crippen LogP contribution in [0.15, 0.2) is 66.2 Å². The third-order valence-electron chi connectivity index (χ3n) is 4.77. The average molecular weight is 523 g/mol. The third kappa shape index (κ3) is 6.44. The van der Waals surface area contributed by atoms with Crippen molar-refractivity contribution >= 4 is 46.6 Å². The molecule has 0 aliphatic rings. The number of rotatable bonds is 8. The molecule has 0 spiro atoms. The van der Waals surface area contributed by atoms with Crippen LogP contribution in [0.5, 0.6) is 11.5 Å². The normalized spacial score (nSPS) is 10.7. The molecule has 13 heteroatoms. The van der Waals surface area contributed by atoms with Crippen LogP contribution in [0, 0.1) is 31.6 Å². The van der Waals surface area contributed by atoms with Gasteiger partial charge in [-0.15, -0.1) is 0 Å². The molecule has 0 aliphatic carbocycles. The van der Waals surface area contributed by atoms with Crippen molar-refractivity contribution in [1.82, 2.24) is 0 Å². The SMILES string of the molecule is COC(=O)c1ccc(NC(=O)/C(C#N)=C/c2ccc(Oc3ccc([N+](=O)[O-])cc3[N+](=O)[O-])c(Cl)c2)cc1. The number of esters is 1. The molecule has 0 radical (unpaired) electrons. The van der Waals surface area contributed by atoms with E-state index in [9.17, 15) is 35.1 Å². The molecule has 0 bridgehead atoms. The number of amides is 1. The number of non-ortho nitro benzene ring substituents is 1. The van der Waals surface area contributed by atoms with Gasteiger partial charge in [0.15, 0.2) is 0 Å². The highest BCUT2D eigenvalue weighted by molar-refractivity contribution is 6.32. The Morgan fingerprint density at radius 2 is 1.68 bits per heavy atom. The van der Waals surface area contributed by atoms with E-state index in [1.807, 2.05) is 0 Å². The van der Waals surface area contributed by atoms with Gasteiger partial charge < -0.3 is 14.8 Å². The summed E-state index contributed by atoms with van der Waals surface area (Å²) in [6, 6.07) is 14.7. The van der Waals surface area contributed by atoms with Crippen LogP contribution < -0.4 is 10.1 Å². The number of carbonyl (C=O) groups excluding carboxylic acids is 2. The average Bonchev–Trinajstić information content (AvgIpc) is 2.88. The second-order valence-electron chi connectivity index (χ2n) is 7.15. The van der Waals surface area contributed by atoms with Crippen molar-refractivity contribution in [3.63, 3.8) is 0 Å². The first-order chi connectivity index (χ1) is 17.6. The molecule has 1 N–H and O–H groups in total. The van der Waals surface area contributed by atoms with Crippen LogP contribution in [0.1, 0.15) is 15.9 Å². The first kappa shape index (κ1) is 26.3. The highest BCUT2D eigenvalue weighted by Gasteiger charge is 2.22. The zero-order chi connectivity index (χ0) is 27.1. The topological polar surface area (TPSA) is 175 Å². The van der Waals surface area contributed by atoms with Gasteiger partial charge in [0.25, 0.3) is 11.6 Å². The minimum atomic E-state index is -0.825. The van der Waals surface area contributed by atoms with Gasteiger partial charge in [0.05, 0.1) is 33.6 Å². The van der Waals surface area contributed by atoms with Crippen LogP contribution in [0.2, 0.25) is 5.02 Å². The number of nitrogens with zero attached hydrogens (tertiary/aromatic N) is 3. The summed E-state index contributed by atoms with van der Waals surface area (Å²) in [4.78, 5) is 44.6. The van der Waals surface area contributed by atoms with Gasteiger partial charge in [-0.1, -0.05) is 17.7 Å². The number of nitrogens with one attached hydrogen (secondary N) is 1. The molecule has 3 aromatic carbocycles. The first-order valence-electron chi connectivity index (χ1n) is 10.1. The number of halogens is 1. The van der Waals surface area contributed by atoms with E-state index in [2.05, 4.69) is 10.1 Å². The van der Waals surface area contributed by atoms with Gasteiger partial charge in [-0.05, 0) is 54.1 Å². The predicted molar refractivity (Wildman–Crippen MR) is 131 cm³/mol. The second kappa shape index (κ2) is 11.4. The van der Waals surface area contributed by atoms with Crippen molar-refractivity contribution in [1.29, 1.82) is 5.26 Å². The number of ether oxygens (including phenoxy) is 2. The minimum absolute atomic E-state index is 0.00232. The van der Waals surface area contributed by atoms with Gasteiger partial charge in [0.1, 0.15) is 17.4 Å². The molecular weight excluding hydrogens is 508 g/mol. The number of anilines is 1. The standard InChI is InChI=1S/C24H15ClN4O8/c1-36-24(31)15-3-5-17(6-4-15)27-23(30)16(13-26)10-14-2-8-21(19(25)11-14)37-22-9-7-18(28(32)33)12-20(22)29(34)35/h2-12H,1H3,(H,27,30)/b16-10+. The molecular formula is C24H15ClN4O8. The molecule has 0 heterocycles. The summed E-state index contributed by atoms with van der Waals surface area (Å²) in [6.45, 7) is 0. The van der Waals surface area contributed by atoms with Gasteiger partial charge in [0, 0.05) is 11.8 Å². The fourth-order valence-electron chi connectivity index (χ4n) is 2.98. The summed E-state index contributed by atoms with van der Waals surface area (Å²) in [7, 11) is 1.24. The van der Waals surface area contributed by atoms with Crippen LogP contribution in [0.25, 0.3) is 6.08 Å². The lowest BCUT2D eigenvalue weighted by Crippen LogP contribution is -2.13. The summed E-state index contributed by atoms with van der Waals surface area (Å²) < 4.78 is 10.1. The summed E-state index contributed by atoms with van der Waals surface area (Å²) in [5.41, 5.74) is -0.390. The van der Waals surface area contributed by atoms with Crippen LogP contribution in [-0.4, -0.2) is 28.8 Å². The van der Waals surface area contributed by atoms with Crippen molar-refractivity contribution < 1.29 is 28.9 Å². The summed E-state index contributed by atoms with van der Waals surface area (Å²) in [5, 5.41) is 34.2. The van der Waals surface area contributed by atoms with Gasteiger partial charge >= 0.3 is 11.7 Å². The molecule has 37 heavy (non-hydrogen) atoms. The number of hydrogen-bond donors (Lipinski definition) is 1. The van der Waals surface area contributed by atoms with E-state index < -0.39 is 33.1 Å². The Bertz CT molecular complexity index is 1480. The number of methoxy groups -OCH3 is 1. The monoisotopic (exact) mass is 522 g/mol. The first-order valence-corrected chi connectivity index (χ1v) is 10.5. The van der Waals surface area contributed by atoms with E-state index in [0.29, 0.717) is 11.3 Å². The molecule has 0 atom stereocenters. The minimum Gasteiger partial charge on any atom is -0.465 e. The maximum absolute atomic E-state index is 12.5. The Hall–Kier alpha value is -5.28. The fourth-order valence-corrected chi connectivity index (χ4v) is 3.21. The van der Waals surface area contributed by atoms with E-state index in [1.165, 1.54) is 55.7 Å². The lowest BCUT2D eigenvalue weighted by Gasteiger charge is -2.09. The van der Waals surface area contributed by atoms with E-state index >= 15 is 0 Å². The number of nitro benzene ring substituents is 2. The Morgan fingerprint density at radius 1 is 1.00 bits per heavy atom. The van der Waals surface area contributed by atoms with E-state index in [4.69, 9.17) is 16.3 Å². The lowest BCUT2D eigenvalue weighted by molar-refractivity contribution is -0.394. The van der Waals surface area contributed by atoms with Crippen molar-refractivity contribution in [2.75, 3.05) is 12.4 Å². The lowest BCUT2D eigenvalue weighted by atomic mass is 10.1. The zero-order valence-corrected chi connectivity index (χ0v) is 19.6. The number of hydrogen-bond acceptors (Lipinski definition) is 9. The molecule has 0 aromatic heterocycles. The summed E-state index contributed by atoms with van der Waals surface area (Å²) >= 11 is 6.23. The van der Waals surface area contributed by atoms with Crippen molar-refractivity contribution in [3.8, 4) is 17.6 Å². The Kier molecular flexibility index (Phi) is 8.13. The molecule has 3 aromatic rings. The van der Waals surface area contributed by atoms with Crippen molar-refractivity contribution in [2.45, 2.75) is 0 Å². The number of nitro groups is 2. The third-order valence-corrected chi connectivity index (χ3v) is 5.06. The zero-order valence-electron chi connectivity index (χ0n) is 18.8. The van der Waals surface area contributed by atoms with Gasteiger partial charge in [-0.3, -0.25) is 25.0 Å². The van der Waals surface area contributed by atoms with Crippen LogP contribution in [-0.2, 0) is 9.53 Å². The maximum atomic E-state index is 12.5. The fraction of sp³-hybridized carbons (Fsp3) is 0.0417. The summed E-state index contributed by atoms with van der Waals surface area (Å²) in [6.07, 6.45) is 1.27. The van der Waals surface area contributed by atoms with E-state index in [0.717, 1.165) is 18.2 Å². The molecule has 0 fully saturated rings. The number of benzene rings is 3. The number of nitriles is 1. The Morgan fingerprint density at radius 3 is 2.24 bits per heavy atom. The molecule has 3 rings (SSSR count). The van der Waals surface area contributed by atoms with E-state index in [-0.39, 0.29) is 27.7 Å². The highest BCUT2D eigenvalue weighted by atomic mass is 35.5. The smallest absolute Gasteiger partial charge is 0.337 e. The largest absolute Gasteiger partial charge is 0.465 e. The van der Waals surface area contributed by atoms with E-state index in [1.54, 1.807) is 6.07 Å². The quantitative estimate of drug-likeness (QED) is 0.135. The Balaban J connectivity index is 1.79. The highest BCUT2D eigenvalue weighted by Crippen LogP contribution is 2.37.